The van der Waals surface area contributed by atoms with Gasteiger partial charge in [0, 0.05) is 13.5 Å². The second-order valence-electron chi connectivity index (χ2n) is 7.00. The van der Waals surface area contributed by atoms with Gasteiger partial charge in [-0.3, -0.25) is 19.0 Å². The molecule has 10 nitrogen and oxygen atoms in total. The number of nitrogens with zero attached hydrogens (tertiary/aromatic N) is 1. The molecule has 0 saturated heterocycles. The van der Waals surface area contributed by atoms with E-state index in [9.17, 15) is 18.0 Å². The van der Waals surface area contributed by atoms with Crippen LogP contribution in [0.1, 0.15) is 31.9 Å². The lowest BCUT2D eigenvalue weighted by atomic mass is 9.93. The predicted molar refractivity (Wildman–Crippen MR) is 100.0 cm³/mol. The molecule has 0 saturated carbocycles. The smallest absolute Gasteiger partial charge is 0.411 e. The topological polar surface area (TPSA) is 160 Å². The zero-order valence-corrected chi connectivity index (χ0v) is 16.6. The number of ether oxygens (including phenoxy) is 1. The van der Waals surface area contributed by atoms with Crippen LogP contribution in [0.25, 0.3) is 0 Å². The van der Waals surface area contributed by atoms with Crippen LogP contribution in [0.4, 0.5) is 10.5 Å². The summed E-state index contributed by atoms with van der Waals surface area (Å²) in [5.74, 6) is -0.318. The van der Waals surface area contributed by atoms with Crippen molar-refractivity contribution >= 4 is 28.0 Å². The molecule has 6 N–H and O–H groups in total. The number of anilines is 1. The van der Waals surface area contributed by atoms with Gasteiger partial charge in [0.25, 0.3) is 0 Å². The average Bonchev–Trinajstić information content (AvgIpc) is 2.49. The van der Waals surface area contributed by atoms with Gasteiger partial charge in [0.2, 0.25) is 5.91 Å². The molecular weight excluding hydrogens is 376 g/mol. The zero-order valence-electron chi connectivity index (χ0n) is 15.8. The van der Waals surface area contributed by atoms with Gasteiger partial charge in [-0.15, -0.1) is 0 Å². The molecule has 0 spiro atoms. The van der Waals surface area contributed by atoms with E-state index in [1.165, 1.54) is 24.1 Å². The largest absolute Gasteiger partial charge is 0.444 e. The molecule has 0 aliphatic carbocycles. The highest BCUT2D eigenvalue weighted by Crippen LogP contribution is 2.28. The van der Waals surface area contributed by atoms with Gasteiger partial charge in [-0.25, -0.2) is 4.79 Å². The van der Waals surface area contributed by atoms with Crippen molar-refractivity contribution in [2.45, 2.75) is 45.4 Å². The van der Waals surface area contributed by atoms with Crippen molar-refractivity contribution in [3.63, 3.8) is 0 Å². The Morgan fingerprint density at radius 2 is 1.89 bits per heavy atom. The van der Waals surface area contributed by atoms with Crippen LogP contribution in [-0.4, -0.2) is 48.6 Å². The lowest BCUT2D eigenvalue weighted by Gasteiger charge is -2.36. The molecule has 11 heteroatoms. The summed E-state index contributed by atoms with van der Waals surface area (Å²) in [5, 5.41) is 2.54. The molecule has 1 aromatic carbocycles. The third kappa shape index (κ3) is 6.08. The standard InChI is InChI=1S/C16H23N3O6S.H3N/c1-16(2,3)25-15(21)19-9-11-7-12(18-26(22,23)24)6-5-10(11)8-13(19)14(20)17-4;/h5-7,13,18H,8-9H2,1-4H3,(H,17,20)(H,22,23,24);1H3/t13-;/m0./s1. The number of carbonyl (C=O) groups excluding carboxylic acids is 2. The fourth-order valence-corrected chi connectivity index (χ4v) is 3.13. The summed E-state index contributed by atoms with van der Waals surface area (Å²) in [6, 6.07) is 3.92. The van der Waals surface area contributed by atoms with E-state index in [2.05, 4.69) is 5.32 Å². The van der Waals surface area contributed by atoms with E-state index in [1.54, 1.807) is 26.8 Å². The van der Waals surface area contributed by atoms with Gasteiger partial charge in [-0.05, 0) is 44.0 Å². The van der Waals surface area contributed by atoms with E-state index in [0.717, 1.165) is 5.56 Å². The Morgan fingerprint density at radius 3 is 2.41 bits per heavy atom. The first-order valence-electron chi connectivity index (χ1n) is 7.98. The van der Waals surface area contributed by atoms with Gasteiger partial charge in [-0.1, -0.05) is 6.07 Å². The minimum Gasteiger partial charge on any atom is -0.444 e. The van der Waals surface area contributed by atoms with Gasteiger partial charge in [0.1, 0.15) is 11.6 Å². The second kappa shape index (κ2) is 8.11. The molecular formula is C16H26N4O6S. The Bertz CT molecular complexity index is 819. The normalized spacial score (nSPS) is 16.6. The fourth-order valence-electron chi connectivity index (χ4n) is 2.71. The minimum atomic E-state index is -4.41. The van der Waals surface area contributed by atoms with Crippen molar-refractivity contribution in [3.05, 3.63) is 29.3 Å². The molecule has 2 rings (SSSR count). The van der Waals surface area contributed by atoms with Crippen LogP contribution in [0, 0.1) is 0 Å². The first kappa shape index (κ1) is 22.7. The maximum absolute atomic E-state index is 12.5. The van der Waals surface area contributed by atoms with Crippen molar-refractivity contribution in [2.75, 3.05) is 11.8 Å². The highest BCUT2D eigenvalue weighted by molar-refractivity contribution is 7.87. The van der Waals surface area contributed by atoms with Crippen molar-refractivity contribution in [1.29, 1.82) is 0 Å². The Labute approximate surface area is 158 Å². The molecule has 1 aliphatic heterocycles. The van der Waals surface area contributed by atoms with Crippen LogP contribution in [0.3, 0.4) is 0 Å². The number of benzene rings is 1. The van der Waals surface area contributed by atoms with Gasteiger partial charge < -0.3 is 16.2 Å². The Kier molecular flexibility index (Phi) is 6.81. The summed E-state index contributed by atoms with van der Waals surface area (Å²) in [6.07, 6.45) is -0.370. The van der Waals surface area contributed by atoms with Crippen LogP contribution < -0.4 is 16.2 Å². The Balaban J connectivity index is 0.00000364. The predicted octanol–water partition coefficient (Wildman–Crippen LogP) is 1.47. The third-order valence-electron chi connectivity index (χ3n) is 3.76. The number of nitrogens with one attached hydrogen (secondary N) is 2. The van der Waals surface area contributed by atoms with Gasteiger partial charge in [0.15, 0.2) is 0 Å². The summed E-state index contributed by atoms with van der Waals surface area (Å²) in [7, 11) is -2.91. The number of fused-ring (bicyclic) bond motifs is 1. The Hall–Kier alpha value is -2.37. The van der Waals surface area contributed by atoms with Crippen LogP contribution in [0.15, 0.2) is 18.2 Å². The highest BCUT2D eigenvalue weighted by Gasteiger charge is 2.36. The van der Waals surface area contributed by atoms with Gasteiger partial charge >= 0.3 is 16.4 Å². The minimum absolute atomic E-state index is 0. The van der Waals surface area contributed by atoms with Crippen LogP contribution in [0.5, 0.6) is 0 Å². The molecule has 1 aliphatic rings. The van der Waals surface area contributed by atoms with Crippen LogP contribution in [0.2, 0.25) is 0 Å². The van der Waals surface area contributed by atoms with E-state index in [1.807, 2.05) is 4.72 Å². The fraction of sp³-hybridized carbons (Fsp3) is 0.500. The molecule has 1 heterocycles. The molecule has 0 aromatic heterocycles. The highest BCUT2D eigenvalue weighted by atomic mass is 32.2. The van der Waals surface area contributed by atoms with Gasteiger partial charge in [0.05, 0.1) is 12.2 Å². The lowest BCUT2D eigenvalue weighted by Crippen LogP contribution is -2.53. The molecule has 0 bridgehead atoms. The second-order valence-corrected chi connectivity index (χ2v) is 8.16. The van der Waals surface area contributed by atoms with Crippen molar-refractivity contribution in [1.82, 2.24) is 16.4 Å². The van der Waals surface area contributed by atoms with Crippen molar-refractivity contribution < 1.29 is 27.3 Å². The van der Waals surface area contributed by atoms with E-state index in [0.29, 0.717) is 5.56 Å². The lowest BCUT2D eigenvalue weighted by molar-refractivity contribution is -0.126. The molecule has 1 aromatic rings. The molecule has 152 valence electrons. The molecule has 0 radical (unpaired) electrons. The average molecular weight is 402 g/mol. The van der Waals surface area contributed by atoms with E-state index in [-0.39, 0.29) is 30.7 Å². The summed E-state index contributed by atoms with van der Waals surface area (Å²) in [4.78, 5) is 26.1. The van der Waals surface area contributed by atoms with Crippen LogP contribution >= 0.6 is 0 Å². The van der Waals surface area contributed by atoms with Crippen molar-refractivity contribution in [3.8, 4) is 0 Å². The monoisotopic (exact) mass is 402 g/mol. The number of likely N-dealkylation sites (N-methyl/N-ethyl adjacent to an activating group) is 1. The number of hydrogen-bond acceptors (Lipinski definition) is 6. The first-order chi connectivity index (χ1) is 11.9. The Morgan fingerprint density at radius 1 is 1.26 bits per heavy atom. The van der Waals surface area contributed by atoms with E-state index < -0.39 is 28.0 Å². The van der Waals surface area contributed by atoms with E-state index in [4.69, 9.17) is 9.29 Å². The molecule has 1 atom stereocenters. The quantitative estimate of drug-likeness (QED) is 0.557. The molecule has 0 unspecified atom stereocenters. The SMILES string of the molecule is CNC(=O)[C@@H]1Cc2ccc(NS(=O)(=O)O)cc2CN1C(=O)OC(C)(C)C.N. The number of carbonyl (C=O) groups is 2. The number of hydrogen-bond donors (Lipinski definition) is 4. The summed E-state index contributed by atoms with van der Waals surface area (Å²) < 4.78 is 38.2. The van der Waals surface area contributed by atoms with Crippen LogP contribution in [-0.2, 0) is 32.8 Å². The third-order valence-corrected chi connectivity index (χ3v) is 4.25. The molecule has 2 amide bonds. The summed E-state index contributed by atoms with van der Waals surface area (Å²) >= 11 is 0. The number of rotatable bonds is 3. The van der Waals surface area contributed by atoms with Crippen molar-refractivity contribution in [2.24, 2.45) is 0 Å². The zero-order chi connectivity index (χ0) is 19.7. The summed E-state index contributed by atoms with van der Waals surface area (Å²) in [6.45, 7) is 5.26. The molecule has 0 fully saturated rings. The number of amides is 2. The maximum atomic E-state index is 12.5. The summed E-state index contributed by atoms with van der Waals surface area (Å²) in [5.41, 5.74) is 0.900. The van der Waals surface area contributed by atoms with E-state index >= 15 is 0 Å². The molecule has 27 heavy (non-hydrogen) atoms. The maximum Gasteiger partial charge on any atom is 0.411 e. The van der Waals surface area contributed by atoms with Gasteiger partial charge in [-0.2, -0.15) is 8.42 Å². The first-order valence-corrected chi connectivity index (χ1v) is 9.42.